The maximum atomic E-state index is 11.8. The highest BCUT2D eigenvalue weighted by Crippen LogP contribution is 2.30. The first-order chi connectivity index (χ1) is 9.86. The third-order valence-electron chi connectivity index (χ3n) is 3.83. The Labute approximate surface area is 123 Å². The number of hydrogen-bond acceptors (Lipinski definition) is 4. The molecule has 0 atom stereocenters. The zero-order valence-corrected chi connectivity index (χ0v) is 12.6. The summed E-state index contributed by atoms with van der Waals surface area (Å²) in [5.41, 5.74) is 2.08. The van der Waals surface area contributed by atoms with Crippen LogP contribution in [0.1, 0.15) is 39.2 Å². The molecule has 0 spiro atoms. The van der Waals surface area contributed by atoms with Gasteiger partial charge in [-0.25, -0.2) is 0 Å². The molecule has 3 rings (SSSR count). The Morgan fingerprint density at radius 3 is 2.33 bits per heavy atom. The van der Waals surface area contributed by atoms with Crippen molar-refractivity contribution in [3.8, 4) is 0 Å². The average molecular weight is 284 g/mol. The monoisotopic (exact) mass is 284 g/mol. The minimum Gasteiger partial charge on any atom is -0.377 e. The van der Waals surface area contributed by atoms with Gasteiger partial charge in [0.15, 0.2) is 0 Å². The van der Waals surface area contributed by atoms with Crippen molar-refractivity contribution in [1.82, 2.24) is 0 Å². The van der Waals surface area contributed by atoms with E-state index < -0.39 is 10.9 Å². The molecule has 2 N–H and O–H groups in total. The van der Waals surface area contributed by atoms with Crippen LogP contribution < -0.4 is 21.5 Å². The van der Waals surface area contributed by atoms with Gasteiger partial charge in [-0.2, -0.15) is 0 Å². The van der Waals surface area contributed by atoms with Gasteiger partial charge in [-0.1, -0.05) is 32.9 Å². The molecule has 0 saturated heterocycles. The molecule has 2 aromatic rings. The van der Waals surface area contributed by atoms with Gasteiger partial charge in [0.25, 0.3) is 10.9 Å². The highest BCUT2D eigenvalue weighted by atomic mass is 16.2. The van der Waals surface area contributed by atoms with Crippen molar-refractivity contribution in [2.24, 2.45) is 0 Å². The van der Waals surface area contributed by atoms with Crippen LogP contribution in [0.5, 0.6) is 0 Å². The maximum absolute atomic E-state index is 11.8. The SMILES string of the molecule is CC(C)(C)c1cccc(Nc2c(NC3CC3)c(=O)c2=O)c1. The van der Waals surface area contributed by atoms with Crippen LogP contribution in [-0.2, 0) is 5.41 Å². The first-order valence-corrected chi connectivity index (χ1v) is 7.33. The second kappa shape index (κ2) is 4.72. The predicted molar refractivity (Wildman–Crippen MR) is 86.4 cm³/mol. The molecule has 1 saturated carbocycles. The van der Waals surface area contributed by atoms with Crippen molar-refractivity contribution in [2.75, 3.05) is 10.6 Å². The fraction of sp³-hybridized carbons (Fsp3) is 0.412. The summed E-state index contributed by atoms with van der Waals surface area (Å²) in [7, 11) is 0. The Bertz CT molecular complexity index is 745. The molecule has 110 valence electrons. The molecule has 2 aromatic carbocycles. The average Bonchev–Trinajstić information content (AvgIpc) is 3.26. The molecule has 0 aromatic heterocycles. The minimum absolute atomic E-state index is 0.0423. The summed E-state index contributed by atoms with van der Waals surface area (Å²) >= 11 is 0. The number of rotatable bonds is 4. The fourth-order valence-electron chi connectivity index (χ4n) is 2.29. The molecule has 4 heteroatoms. The Balaban J connectivity index is 1.86. The van der Waals surface area contributed by atoms with Crippen molar-refractivity contribution in [3.63, 3.8) is 0 Å². The molecule has 21 heavy (non-hydrogen) atoms. The third-order valence-corrected chi connectivity index (χ3v) is 3.83. The highest BCUT2D eigenvalue weighted by molar-refractivity contribution is 5.79. The van der Waals surface area contributed by atoms with Crippen LogP contribution in [0.2, 0.25) is 0 Å². The van der Waals surface area contributed by atoms with Crippen LogP contribution in [-0.4, -0.2) is 6.04 Å². The molecule has 4 nitrogen and oxygen atoms in total. The lowest BCUT2D eigenvalue weighted by atomic mass is 9.87. The molecule has 0 bridgehead atoms. The lowest BCUT2D eigenvalue weighted by Gasteiger charge is -2.21. The van der Waals surface area contributed by atoms with Gasteiger partial charge in [-0.3, -0.25) is 9.59 Å². The smallest absolute Gasteiger partial charge is 0.253 e. The Hall–Kier alpha value is -2.10. The molecule has 1 fully saturated rings. The van der Waals surface area contributed by atoms with E-state index in [4.69, 9.17) is 0 Å². The quantitative estimate of drug-likeness (QED) is 0.848. The lowest BCUT2D eigenvalue weighted by Crippen LogP contribution is -2.37. The summed E-state index contributed by atoms with van der Waals surface area (Å²) in [5.74, 6) is 0. The fourth-order valence-corrected chi connectivity index (χ4v) is 2.29. The molecular formula is C17H20N2O2. The van der Waals surface area contributed by atoms with E-state index in [9.17, 15) is 9.59 Å². The summed E-state index contributed by atoms with van der Waals surface area (Å²) in [6.45, 7) is 6.43. The largest absolute Gasteiger partial charge is 0.377 e. The van der Waals surface area contributed by atoms with Gasteiger partial charge < -0.3 is 10.6 Å². The van der Waals surface area contributed by atoms with E-state index in [1.54, 1.807) is 0 Å². The van der Waals surface area contributed by atoms with Crippen molar-refractivity contribution in [3.05, 3.63) is 50.3 Å². The molecule has 0 radical (unpaired) electrons. The highest BCUT2D eigenvalue weighted by Gasteiger charge is 2.28. The van der Waals surface area contributed by atoms with Gasteiger partial charge in [-0.05, 0) is 36.0 Å². The first-order valence-electron chi connectivity index (χ1n) is 7.33. The second-order valence-electron chi connectivity index (χ2n) is 6.78. The summed E-state index contributed by atoms with van der Waals surface area (Å²) in [6.07, 6.45) is 2.13. The second-order valence-corrected chi connectivity index (χ2v) is 6.78. The minimum atomic E-state index is -0.431. The summed E-state index contributed by atoms with van der Waals surface area (Å²) < 4.78 is 0. The van der Waals surface area contributed by atoms with E-state index in [0.717, 1.165) is 18.5 Å². The van der Waals surface area contributed by atoms with Gasteiger partial charge in [-0.15, -0.1) is 0 Å². The number of hydrogen-bond donors (Lipinski definition) is 2. The first kappa shape index (κ1) is 13.9. The molecule has 1 aliphatic rings. The Morgan fingerprint density at radius 2 is 1.71 bits per heavy atom. The standard InChI is InChI=1S/C17H20N2O2/c1-17(2,3)10-5-4-6-12(9-10)19-14-13(15(20)16(14)21)18-11-7-8-11/h4-6,9,11,18-19H,7-8H2,1-3H3. The van der Waals surface area contributed by atoms with E-state index in [0.29, 0.717) is 17.4 Å². The number of anilines is 3. The molecule has 0 aliphatic heterocycles. The van der Waals surface area contributed by atoms with Crippen molar-refractivity contribution >= 4 is 17.1 Å². The van der Waals surface area contributed by atoms with Crippen LogP contribution in [0.25, 0.3) is 0 Å². The number of benzene rings is 1. The van der Waals surface area contributed by atoms with Crippen LogP contribution in [0.3, 0.4) is 0 Å². The predicted octanol–water partition coefficient (Wildman–Crippen LogP) is 2.90. The van der Waals surface area contributed by atoms with Gasteiger partial charge in [0.05, 0.1) is 0 Å². The van der Waals surface area contributed by atoms with Gasteiger partial charge in [0.1, 0.15) is 11.4 Å². The van der Waals surface area contributed by atoms with Gasteiger partial charge in [0, 0.05) is 11.7 Å². The van der Waals surface area contributed by atoms with Gasteiger partial charge >= 0.3 is 0 Å². The van der Waals surface area contributed by atoms with Crippen LogP contribution in [0.15, 0.2) is 33.9 Å². The molecule has 1 aliphatic carbocycles. The number of nitrogens with one attached hydrogen (secondary N) is 2. The lowest BCUT2D eigenvalue weighted by molar-refractivity contribution is 0.590. The summed E-state index contributed by atoms with van der Waals surface area (Å²) in [5, 5.41) is 6.23. The van der Waals surface area contributed by atoms with Crippen LogP contribution in [0, 0.1) is 0 Å². The Kier molecular flexibility index (Phi) is 3.12. The van der Waals surface area contributed by atoms with Crippen molar-refractivity contribution in [1.29, 1.82) is 0 Å². The molecular weight excluding hydrogens is 264 g/mol. The topological polar surface area (TPSA) is 58.2 Å². The van der Waals surface area contributed by atoms with Gasteiger partial charge in [0.2, 0.25) is 0 Å². The summed E-state index contributed by atoms with van der Waals surface area (Å²) in [4.78, 5) is 23.4. The molecule has 0 unspecified atom stereocenters. The normalized spacial score (nSPS) is 15.2. The van der Waals surface area contributed by atoms with E-state index in [1.165, 1.54) is 5.56 Å². The van der Waals surface area contributed by atoms with Crippen LogP contribution in [0.4, 0.5) is 17.1 Å². The molecule has 0 heterocycles. The van der Waals surface area contributed by atoms with Crippen molar-refractivity contribution < 1.29 is 0 Å². The Morgan fingerprint density at radius 1 is 1.05 bits per heavy atom. The third kappa shape index (κ3) is 2.71. The van der Waals surface area contributed by atoms with Crippen molar-refractivity contribution in [2.45, 2.75) is 45.1 Å². The van der Waals surface area contributed by atoms with E-state index in [1.807, 2.05) is 18.2 Å². The van der Waals surface area contributed by atoms with E-state index in [2.05, 4.69) is 37.5 Å². The maximum Gasteiger partial charge on any atom is 0.253 e. The van der Waals surface area contributed by atoms with Crippen LogP contribution >= 0.6 is 0 Å². The summed E-state index contributed by atoms with van der Waals surface area (Å²) in [6, 6.07) is 8.32. The van der Waals surface area contributed by atoms with E-state index >= 15 is 0 Å². The zero-order chi connectivity index (χ0) is 15.2. The zero-order valence-electron chi connectivity index (χ0n) is 12.6. The van der Waals surface area contributed by atoms with E-state index in [-0.39, 0.29) is 5.41 Å². The molecule has 0 amide bonds.